The third kappa shape index (κ3) is 4.83. The lowest BCUT2D eigenvalue weighted by Gasteiger charge is -2.37. The maximum atomic E-state index is 14.4. The molecule has 2 heterocycles. The Morgan fingerprint density at radius 1 is 0.941 bits per heavy atom. The highest BCUT2D eigenvalue weighted by atomic mass is 32.2. The van der Waals surface area contributed by atoms with Crippen molar-refractivity contribution in [2.24, 2.45) is 0 Å². The first-order chi connectivity index (χ1) is 16.2. The molecular weight excluding hydrogens is 466 g/mol. The van der Waals surface area contributed by atoms with Gasteiger partial charge in [0.15, 0.2) is 9.84 Å². The van der Waals surface area contributed by atoms with Crippen LogP contribution in [-0.2, 0) is 14.6 Å². The van der Waals surface area contributed by atoms with E-state index in [1.165, 1.54) is 12.1 Å². The minimum Gasteiger partial charge on any atom is -0.378 e. The topological polar surface area (TPSA) is 93.9 Å². The van der Waals surface area contributed by atoms with E-state index >= 15 is 0 Å². The van der Waals surface area contributed by atoms with E-state index in [1.807, 2.05) is 4.90 Å². The Labute approximate surface area is 196 Å². The predicted molar refractivity (Wildman–Crippen MR) is 122 cm³/mol. The lowest BCUT2D eigenvalue weighted by atomic mass is 10.1. The minimum atomic E-state index is -3.52. The van der Waals surface area contributed by atoms with Crippen molar-refractivity contribution in [3.63, 3.8) is 0 Å². The molecule has 180 valence electrons. The molecule has 0 N–H and O–H groups in total. The van der Waals surface area contributed by atoms with Gasteiger partial charge in [0.05, 0.1) is 34.9 Å². The quantitative estimate of drug-likeness (QED) is 0.648. The first kappa shape index (κ1) is 23.9. The number of rotatable bonds is 4. The molecule has 34 heavy (non-hydrogen) atoms. The SMILES string of the molecule is CS(=O)(=O)c1ccc(N2CCOCC2)c(C(=O)N2CCN(c3cc(F)c(C#N)cc3F)CC2)c1. The summed E-state index contributed by atoms with van der Waals surface area (Å²) in [6.45, 7) is 3.17. The summed E-state index contributed by atoms with van der Waals surface area (Å²) in [5.74, 6) is -1.82. The van der Waals surface area contributed by atoms with E-state index in [9.17, 15) is 22.0 Å². The fraction of sp³-hybridized carbons (Fsp3) is 0.391. The van der Waals surface area contributed by atoms with Crippen LogP contribution in [0.2, 0.25) is 0 Å². The number of benzene rings is 2. The molecule has 4 rings (SSSR count). The molecule has 2 aliphatic heterocycles. The van der Waals surface area contributed by atoms with Crippen molar-refractivity contribution in [1.29, 1.82) is 5.26 Å². The number of carbonyl (C=O) groups excluding carboxylic acids is 1. The molecule has 0 bridgehead atoms. The third-order valence-electron chi connectivity index (χ3n) is 6.04. The van der Waals surface area contributed by atoms with Gasteiger partial charge in [-0.2, -0.15) is 5.26 Å². The normalized spacial score (nSPS) is 16.9. The average Bonchev–Trinajstić information content (AvgIpc) is 2.84. The molecule has 0 radical (unpaired) electrons. The Hall–Kier alpha value is -3.23. The molecule has 0 aromatic heterocycles. The van der Waals surface area contributed by atoms with Crippen molar-refractivity contribution in [3.8, 4) is 6.07 Å². The van der Waals surface area contributed by atoms with Crippen LogP contribution in [0.1, 0.15) is 15.9 Å². The number of amides is 1. The molecular formula is C23H24F2N4O4S. The summed E-state index contributed by atoms with van der Waals surface area (Å²) in [5.41, 5.74) is 0.602. The number of halogens is 2. The Morgan fingerprint density at radius 2 is 1.59 bits per heavy atom. The lowest BCUT2D eigenvalue weighted by molar-refractivity contribution is 0.0745. The number of morpholine rings is 1. The number of hydrogen-bond acceptors (Lipinski definition) is 7. The Bertz CT molecular complexity index is 1250. The largest absolute Gasteiger partial charge is 0.378 e. The molecule has 0 unspecified atom stereocenters. The summed E-state index contributed by atoms with van der Waals surface area (Å²) in [6.07, 6.45) is 1.09. The van der Waals surface area contributed by atoms with Gasteiger partial charge in [-0.25, -0.2) is 17.2 Å². The molecule has 8 nitrogen and oxygen atoms in total. The van der Waals surface area contributed by atoms with E-state index in [0.29, 0.717) is 32.0 Å². The van der Waals surface area contributed by atoms with Gasteiger partial charge < -0.3 is 19.4 Å². The highest BCUT2D eigenvalue weighted by molar-refractivity contribution is 7.90. The van der Waals surface area contributed by atoms with Gasteiger partial charge in [-0.15, -0.1) is 0 Å². The molecule has 0 aliphatic carbocycles. The van der Waals surface area contributed by atoms with Crippen LogP contribution in [-0.4, -0.2) is 78.0 Å². The highest BCUT2D eigenvalue weighted by Gasteiger charge is 2.28. The number of anilines is 2. The number of ether oxygens (including phenoxy) is 1. The number of hydrogen-bond donors (Lipinski definition) is 0. The van der Waals surface area contributed by atoms with Gasteiger partial charge in [0.1, 0.15) is 17.7 Å². The first-order valence-corrected chi connectivity index (χ1v) is 12.7. The van der Waals surface area contributed by atoms with Crippen molar-refractivity contribution in [1.82, 2.24) is 4.90 Å². The zero-order valence-electron chi connectivity index (χ0n) is 18.6. The van der Waals surface area contributed by atoms with Crippen LogP contribution in [0.15, 0.2) is 35.2 Å². The number of carbonyl (C=O) groups is 1. The van der Waals surface area contributed by atoms with Crippen LogP contribution >= 0.6 is 0 Å². The molecule has 1 amide bonds. The van der Waals surface area contributed by atoms with E-state index in [1.54, 1.807) is 21.9 Å². The van der Waals surface area contributed by atoms with Gasteiger partial charge in [0.2, 0.25) is 0 Å². The van der Waals surface area contributed by atoms with Crippen LogP contribution in [0.25, 0.3) is 0 Å². The summed E-state index contributed by atoms with van der Waals surface area (Å²) in [5, 5.41) is 8.87. The Kier molecular flexibility index (Phi) is 6.72. The standard InChI is InChI=1S/C23H24F2N4O4S/c1-34(31,32)17-2-3-21(28-8-10-33-11-9-28)18(13-17)23(30)29-6-4-27(5-7-29)22-14-19(24)16(15-26)12-20(22)25/h2-3,12-14H,4-11H2,1H3. The van der Waals surface area contributed by atoms with Crippen LogP contribution in [0.5, 0.6) is 0 Å². The monoisotopic (exact) mass is 490 g/mol. The van der Waals surface area contributed by atoms with Crippen LogP contribution in [0.4, 0.5) is 20.2 Å². The zero-order chi connectivity index (χ0) is 24.5. The molecule has 0 saturated carbocycles. The Morgan fingerprint density at radius 3 is 2.21 bits per heavy atom. The van der Waals surface area contributed by atoms with Gasteiger partial charge in [-0.1, -0.05) is 0 Å². The summed E-state index contributed by atoms with van der Waals surface area (Å²) in [4.78, 5) is 18.7. The maximum Gasteiger partial charge on any atom is 0.256 e. The third-order valence-corrected chi connectivity index (χ3v) is 7.15. The molecule has 2 aromatic rings. The smallest absolute Gasteiger partial charge is 0.256 e. The molecule has 2 aliphatic rings. The van der Waals surface area contributed by atoms with Crippen molar-refractivity contribution in [3.05, 3.63) is 53.1 Å². The second kappa shape index (κ2) is 9.56. The number of nitriles is 1. The molecule has 0 atom stereocenters. The van der Waals surface area contributed by atoms with Crippen molar-refractivity contribution in [2.75, 3.05) is 68.5 Å². The van der Waals surface area contributed by atoms with Gasteiger partial charge in [0, 0.05) is 57.3 Å². The van der Waals surface area contributed by atoms with Gasteiger partial charge in [-0.3, -0.25) is 4.79 Å². The zero-order valence-corrected chi connectivity index (χ0v) is 19.4. The van der Waals surface area contributed by atoms with Gasteiger partial charge in [-0.05, 0) is 24.3 Å². The Balaban J connectivity index is 1.57. The summed E-state index contributed by atoms with van der Waals surface area (Å²) >= 11 is 0. The molecule has 11 heteroatoms. The molecule has 2 fully saturated rings. The predicted octanol–water partition coefficient (Wildman–Crippen LogP) is 2.04. The van der Waals surface area contributed by atoms with Gasteiger partial charge >= 0.3 is 0 Å². The fourth-order valence-corrected chi connectivity index (χ4v) is 4.83. The van der Waals surface area contributed by atoms with E-state index < -0.39 is 21.5 Å². The molecule has 0 spiro atoms. The summed E-state index contributed by atoms with van der Waals surface area (Å²) in [6, 6.07) is 8.04. The second-order valence-corrected chi connectivity index (χ2v) is 10.2. The van der Waals surface area contributed by atoms with Crippen molar-refractivity contribution >= 4 is 27.1 Å². The van der Waals surface area contributed by atoms with E-state index in [2.05, 4.69) is 0 Å². The molecule has 2 saturated heterocycles. The highest BCUT2D eigenvalue weighted by Crippen LogP contribution is 2.28. The van der Waals surface area contributed by atoms with E-state index in [4.69, 9.17) is 10.00 Å². The van der Waals surface area contributed by atoms with Crippen molar-refractivity contribution < 1.29 is 26.7 Å². The van der Waals surface area contributed by atoms with Gasteiger partial charge in [0.25, 0.3) is 5.91 Å². The second-order valence-electron chi connectivity index (χ2n) is 8.23. The number of piperazine rings is 1. The van der Waals surface area contributed by atoms with Crippen LogP contribution < -0.4 is 9.80 Å². The van der Waals surface area contributed by atoms with Crippen LogP contribution in [0.3, 0.4) is 0 Å². The van der Waals surface area contributed by atoms with Crippen LogP contribution in [0, 0.1) is 23.0 Å². The molecule has 2 aromatic carbocycles. The van der Waals surface area contributed by atoms with Crippen molar-refractivity contribution in [2.45, 2.75) is 4.90 Å². The summed E-state index contributed by atoms with van der Waals surface area (Å²) in [7, 11) is -3.52. The minimum absolute atomic E-state index is 0.0386. The lowest BCUT2D eigenvalue weighted by Crippen LogP contribution is -2.49. The number of sulfone groups is 1. The maximum absolute atomic E-state index is 14.4. The van der Waals surface area contributed by atoms with E-state index in [0.717, 1.165) is 18.4 Å². The average molecular weight is 491 g/mol. The number of nitrogens with zero attached hydrogens (tertiary/aromatic N) is 4. The summed E-state index contributed by atoms with van der Waals surface area (Å²) < 4.78 is 58.1. The van der Waals surface area contributed by atoms with E-state index in [-0.39, 0.29) is 53.8 Å². The first-order valence-electron chi connectivity index (χ1n) is 10.8. The fourth-order valence-electron chi connectivity index (χ4n) is 4.18.